The molecule has 0 amide bonds. The lowest BCUT2D eigenvalue weighted by Crippen LogP contribution is -2.37. The quantitative estimate of drug-likeness (QED) is 0.799. The van der Waals surface area contributed by atoms with Crippen LogP contribution < -0.4 is 10.6 Å². The van der Waals surface area contributed by atoms with Crippen LogP contribution in [-0.2, 0) is 0 Å². The number of nitrogen functional groups attached to an aromatic ring is 1. The monoisotopic (exact) mass is 282 g/mol. The molecule has 0 aromatic heterocycles. The topological polar surface area (TPSA) is 29.3 Å². The summed E-state index contributed by atoms with van der Waals surface area (Å²) in [5, 5.41) is 0. The number of nitrogens with zero attached hydrogens (tertiary/aromatic N) is 1. The molecule has 20 heavy (non-hydrogen) atoms. The van der Waals surface area contributed by atoms with E-state index in [1.165, 1.54) is 18.9 Å². The van der Waals surface area contributed by atoms with Crippen LogP contribution in [0.1, 0.15) is 51.5 Å². The van der Waals surface area contributed by atoms with Gasteiger partial charge in [0, 0.05) is 29.5 Å². The molecule has 4 heteroatoms. The fraction of sp³-hybridized carbons (Fsp3) is 0.625. The lowest BCUT2D eigenvalue weighted by Gasteiger charge is -2.34. The van der Waals surface area contributed by atoms with E-state index in [9.17, 15) is 8.78 Å². The van der Waals surface area contributed by atoms with Crippen molar-refractivity contribution in [3.05, 3.63) is 23.8 Å². The average Bonchev–Trinajstić information content (AvgIpc) is 2.89. The third kappa shape index (κ3) is 3.41. The smallest absolute Gasteiger partial charge is 0.265 e. The van der Waals surface area contributed by atoms with Crippen LogP contribution in [0.15, 0.2) is 18.2 Å². The average molecular weight is 282 g/mol. The maximum atomic E-state index is 13.3. The van der Waals surface area contributed by atoms with Gasteiger partial charge in [0.2, 0.25) is 0 Å². The Morgan fingerprint density at radius 3 is 2.45 bits per heavy atom. The summed E-state index contributed by atoms with van der Waals surface area (Å²) in [6.45, 7) is 5.07. The zero-order chi connectivity index (χ0) is 14.7. The second kappa shape index (κ2) is 6.42. The molecule has 0 spiro atoms. The lowest BCUT2D eigenvalue weighted by molar-refractivity contribution is 0.151. The molecule has 0 saturated heterocycles. The van der Waals surface area contributed by atoms with E-state index in [2.05, 4.69) is 18.7 Å². The number of nitrogens with two attached hydrogens (primary N) is 1. The molecule has 0 aliphatic heterocycles. The molecule has 1 aliphatic rings. The van der Waals surface area contributed by atoms with Gasteiger partial charge in [0.05, 0.1) is 0 Å². The molecule has 112 valence electrons. The van der Waals surface area contributed by atoms with E-state index in [4.69, 9.17) is 5.73 Å². The number of hydrogen-bond donors (Lipinski definition) is 1. The number of hydrogen-bond acceptors (Lipinski definition) is 2. The third-order valence-corrected chi connectivity index (χ3v) is 3.92. The van der Waals surface area contributed by atoms with E-state index < -0.39 is 6.43 Å². The summed E-state index contributed by atoms with van der Waals surface area (Å²) >= 11 is 0. The van der Waals surface area contributed by atoms with Gasteiger partial charge in [-0.1, -0.05) is 26.7 Å². The van der Waals surface area contributed by atoms with Crippen LogP contribution in [-0.4, -0.2) is 12.6 Å². The largest absolute Gasteiger partial charge is 0.399 e. The van der Waals surface area contributed by atoms with Gasteiger partial charge in [-0.15, -0.1) is 0 Å². The van der Waals surface area contributed by atoms with Crippen LogP contribution in [0.2, 0.25) is 0 Å². The fourth-order valence-electron chi connectivity index (χ4n) is 3.06. The number of rotatable bonds is 5. The molecule has 0 unspecified atom stereocenters. The zero-order valence-electron chi connectivity index (χ0n) is 12.3. The highest BCUT2D eigenvalue weighted by Crippen LogP contribution is 2.36. The molecule has 0 heterocycles. The molecule has 2 rings (SSSR count). The molecule has 1 fully saturated rings. The van der Waals surface area contributed by atoms with Gasteiger partial charge in [-0.25, -0.2) is 8.78 Å². The minimum Gasteiger partial charge on any atom is -0.399 e. The van der Waals surface area contributed by atoms with Crippen molar-refractivity contribution in [3.8, 4) is 0 Å². The van der Waals surface area contributed by atoms with Crippen molar-refractivity contribution in [2.24, 2.45) is 5.92 Å². The minimum atomic E-state index is -2.48. The van der Waals surface area contributed by atoms with Crippen molar-refractivity contribution in [2.45, 2.75) is 52.0 Å². The molecule has 0 atom stereocenters. The first-order chi connectivity index (χ1) is 9.49. The van der Waals surface area contributed by atoms with Crippen LogP contribution in [0.5, 0.6) is 0 Å². The van der Waals surface area contributed by atoms with Gasteiger partial charge in [-0.2, -0.15) is 0 Å². The maximum absolute atomic E-state index is 13.3. The summed E-state index contributed by atoms with van der Waals surface area (Å²) in [5.41, 5.74) is 6.80. The summed E-state index contributed by atoms with van der Waals surface area (Å²) in [6.07, 6.45) is 2.10. The van der Waals surface area contributed by atoms with Crippen molar-refractivity contribution in [2.75, 3.05) is 17.2 Å². The summed E-state index contributed by atoms with van der Waals surface area (Å²) in [6, 6.07) is 5.29. The number of benzene rings is 1. The van der Waals surface area contributed by atoms with Crippen molar-refractivity contribution in [1.82, 2.24) is 0 Å². The molecule has 1 saturated carbocycles. The Bertz CT molecular complexity index is 440. The van der Waals surface area contributed by atoms with Gasteiger partial charge < -0.3 is 10.6 Å². The molecule has 2 nitrogen and oxygen atoms in total. The molecule has 2 N–H and O–H groups in total. The molecule has 1 aromatic rings. The first kappa shape index (κ1) is 15.1. The van der Waals surface area contributed by atoms with E-state index >= 15 is 0 Å². The SMILES string of the molecule is CC(C)CN(c1ccc(N)cc1C(F)F)C1CCCC1. The van der Waals surface area contributed by atoms with Crippen LogP contribution in [0.25, 0.3) is 0 Å². The lowest BCUT2D eigenvalue weighted by atomic mass is 10.1. The normalized spacial score (nSPS) is 16.3. The predicted molar refractivity (Wildman–Crippen MR) is 80.3 cm³/mol. The molecule has 1 aromatic carbocycles. The Morgan fingerprint density at radius 1 is 1.25 bits per heavy atom. The Labute approximate surface area is 120 Å². The second-order valence-electron chi connectivity index (χ2n) is 6.10. The van der Waals surface area contributed by atoms with Crippen molar-refractivity contribution in [3.63, 3.8) is 0 Å². The predicted octanol–water partition coefficient (Wildman–Crippen LogP) is 4.61. The van der Waals surface area contributed by atoms with E-state index in [1.54, 1.807) is 12.1 Å². The van der Waals surface area contributed by atoms with Gasteiger partial charge in [0.15, 0.2) is 0 Å². The molecule has 0 radical (unpaired) electrons. The van der Waals surface area contributed by atoms with Gasteiger partial charge in [-0.05, 0) is 37.0 Å². The van der Waals surface area contributed by atoms with Gasteiger partial charge in [0.25, 0.3) is 6.43 Å². The highest BCUT2D eigenvalue weighted by atomic mass is 19.3. The Morgan fingerprint density at radius 2 is 1.90 bits per heavy atom. The number of alkyl halides is 2. The Kier molecular flexibility index (Phi) is 4.84. The molecular formula is C16H24F2N2. The maximum Gasteiger partial charge on any atom is 0.265 e. The first-order valence-electron chi connectivity index (χ1n) is 7.43. The third-order valence-electron chi connectivity index (χ3n) is 3.92. The van der Waals surface area contributed by atoms with Crippen LogP contribution in [0.3, 0.4) is 0 Å². The standard InChI is InChI=1S/C16H24F2N2/c1-11(2)10-20(13-5-3-4-6-13)15-8-7-12(19)9-14(15)16(17)18/h7-9,11,13,16H,3-6,10,19H2,1-2H3. The highest BCUT2D eigenvalue weighted by Gasteiger charge is 2.27. The van der Waals surface area contributed by atoms with Crippen molar-refractivity contribution in [1.29, 1.82) is 0 Å². The minimum absolute atomic E-state index is 0.0672. The second-order valence-corrected chi connectivity index (χ2v) is 6.10. The highest BCUT2D eigenvalue weighted by molar-refractivity contribution is 5.61. The van der Waals surface area contributed by atoms with E-state index in [1.807, 2.05) is 0 Å². The van der Waals surface area contributed by atoms with E-state index in [-0.39, 0.29) is 5.56 Å². The Balaban J connectivity index is 2.36. The van der Waals surface area contributed by atoms with Crippen LogP contribution >= 0.6 is 0 Å². The van der Waals surface area contributed by atoms with Crippen LogP contribution in [0.4, 0.5) is 20.2 Å². The van der Waals surface area contributed by atoms with Gasteiger partial charge >= 0.3 is 0 Å². The summed E-state index contributed by atoms with van der Waals surface area (Å²) in [7, 11) is 0. The Hall–Kier alpha value is -1.32. The van der Waals surface area contributed by atoms with E-state index in [0.717, 1.165) is 19.4 Å². The number of anilines is 2. The summed E-state index contributed by atoms with van der Waals surface area (Å²) in [5.74, 6) is 0.443. The molecule has 0 bridgehead atoms. The van der Waals surface area contributed by atoms with Gasteiger partial charge in [0.1, 0.15) is 0 Å². The zero-order valence-corrected chi connectivity index (χ0v) is 12.3. The van der Waals surface area contributed by atoms with Crippen molar-refractivity contribution >= 4 is 11.4 Å². The van der Waals surface area contributed by atoms with Gasteiger partial charge in [-0.3, -0.25) is 0 Å². The molecular weight excluding hydrogens is 258 g/mol. The summed E-state index contributed by atoms with van der Waals surface area (Å²) < 4.78 is 26.6. The van der Waals surface area contributed by atoms with Crippen LogP contribution in [0, 0.1) is 5.92 Å². The summed E-state index contributed by atoms with van der Waals surface area (Å²) in [4.78, 5) is 2.18. The number of halogens is 2. The first-order valence-corrected chi connectivity index (χ1v) is 7.43. The fourth-order valence-corrected chi connectivity index (χ4v) is 3.06. The van der Waals surface area contributed by atoms with E-state index in [0.29, 0.717) is 23.3 Å². The van der Waals surface area contributed by atoms with Crippen molar-refractivity contribution < 1.29 is 8.78 Å². The molecule has 1 aliphatic carbocycles.